The van der Waals surface area contributed by atoms with Crippen LogP contribution in [0.15, 0.2) is 24.5 Å². The van der Waals surface area contributed by atoms with Gasteiger partial charge in [-0.15, -0.1) is 0 Å². The highest BCUT2D eigenvalue weighted by Crippen LogP contribution is 2.55. The lowest BCUT2D eigenvalue weighted by atomic mass is 9.53. The molecule has 4 nitrogen and oxygen atoms in total. The van der Waals surface area contributed by atoms with Gasteiger partial charge in [-0.1, -0.05) is 0 Å². The fourth-order valence-electron chi connectivity index (χ4n) is 5.99. The lowest BCUT2D eigenvalue weighted by Crippen LogP contribution is -2.60. The molecule has 2 heterocycles. The summed E-state index contributed by atoms with van der Waals surface area (Å²) in [5.41, 5.74) is 3.08. The second-order valence-electron chi connectivity index (χ2n) is 8.62. The van der Waals surface area contributed by atoms with Gasteiger partial charge in [-0.05, 0) is 80.9 Å². The Kier molecular flexibility index (Phi) is 3.07. The van der Waals surface area contributed by atoms with Gasteiger partial charge in [0, 0.05) is 17.9 Å². The molecule has 126 valence electrons. The van der Waals surface area contributed by atoms with Crippen LogP contribution in [0.5, 0.6) is 0 Å². The number of hydrogen-bond acceptors (Lipinski definition) is 2. The monoisotopic (exact) mass is 323 g/mol. The molecule has 0 atom stereocenters. The Hall–Kier alpha value is -1.84. The van der Waals surface area contributed by atoms with Gasteiger partial charge in [-0.3, -0.25) is 4.79 Å². The predicted octanol–water partition coefficient (Wildman–Crippen LogP) is 3.27. The standard InChI is InChI=1S/C20H25N3O/c1-13-2-3-23-12-17(21-18(23)4-13)8-19(24)22-20-9-14-5-15(10-20)7-16(6-14)11-20/h2-4,12,14-16H,5-11H2,1H3,(H,22,24). The zero-order valence-corrected chi connectivity index (χ0v) is 14.3. The molecule has 4 saturated carbocycles. The van der Waals surface area contributed by atoms with E-state index in [1.165, 1.54) is 44.1 Å². The van der Waals surface area contributed by atoms with E-state index in [-0.39, 0.29) is 11.4 Å². The number of nitrogens with zero attached hydrogens (tertiary/aromatic N) is 2. The largest absolute Gasteiger partial charge is 0.350 e. The molecule has 0 aliphatic heterocycles. The highest BCUT2D eigenvalue weighted by Gasteiger charge is 2.51. The SMILES string of the molecule is Cc1ccn2cc(CC(=O)NC34CC5CC(CC(C5)C3)C4)nc2c1. The molecule has 2 aromatic rings. The molecule has 4 heteroatoms. The van der Waals surface area contributed by atoms with Gasteiger partial charge >= 0.3 is 0 Å². The number of hydrogen-bond donors (Lipinski definition) is 1. The molecule has 2 aromatic heterocycles. The Morgan fingerprint density at radius 2 is 1.92 bits per heavy atom. The third kappa shape index (κ3) is 2.43. The Balaban J connectivity index is 1.31. The van der Waals surface area contributed by atoms with Crippen LogP contribution in [-0.4, -0.2) is 20.8 Å². The highest BCUT2D eigenvalue weighted by molar-refractivity contribution is 5.79. The Morgan fingerprint density at radius 1 is 1.25 bits per heavy atom. The number of aromatic nitrogens is 2. The topological polar surface area (TPSA) is 46.4 Å². The van der Waals surface area contributed by atoms with E-state index in [9.17, 15) is 4.79 Å². The normalized spacial score (nSPS) is 34.0. The number of imidazole rings is 1. The van der Waals surface area contributed by atoms with Crippen molar-refractivity contribution in [3.8, 4) is 0 Å². The van der Waals surface area contributed by atoms with Crippen LogP contribution in [0.4, 0.5) is 0 Å². The van der Waals surface area contributed by atoms with Crippen LogP contribution in [0.1, 0.15) is 49.8 Å². The van der Waals surface area contributed by atoms with Gasteiger partial charge in [0.15, 0.2) is 0 Å². The number of nitrogens with one attached hydrogen (secondary N) is 1. The first-order chi connectivity index (χ1) is 11.6. The summed E-state index contributed by atoms with van der Waals surface area (Å²) in [5, 5.41) is 3.44. The van der Waals surface area contributed by atoms with Gasteiger partial charge in [0.25, 0.3) is 0 Å². The molecule has 4 aliphatic rings. The Labute approximate surface area is 142 Å². The van der Waals surface area contributed by atoms with E-state index in [0.29, 0.717) is 6.42 Å². The van der Waals surface area contributed by atoms with Crippen LogP contribution in [0.25, 0.3) is 5.65 Å². The van der Waals surface area contributed by atoms with E-state index < -0.39 is 0 Å². The molecule has 24 heavy (non-hydrogen) atoms. The number of pyridine rings is 1. The smallest absolute Gasteiger partial charge is 0.226 e. The molecule has 4 aliphatic carbocycles. The molecule has 0 radical (unpaired) electrons. The van der Waals surface area contributed by atoms with E-state index in [2.05, 4.69) is 29.4 Å². The molecule has 6 rings (SSSR count). The van der Waals surface area contributed by atoms with Crippen LogP contribution in [0, 0.1) is 24.7 Å². The maximum atomic E-state index is 12.7. The van der Waals surface area contributed by atoms with Gasteiger partial charge in [-0.25, -0.2) is 4.98 Å². The van der Waals surface area contributed by atoms with Gasteiger partial charge in [-0.2, -0.15) is 0 Å². The average molecular weight is 323 g/mol. The minimum absolute atomic E-state index is 0.0988. The number of carbonyl (C=O) groups excluding carboxylic acids is 1. The summed E-state index contributed by atoms with van der Waals surface area (Å²) in [6.45, 7) is 2.06. The first-order valence-electron chi connectivity index (χ1n) is 9.32. The maximum Gasteiger partial charge on any atom is 0.226 e. The zero-order valence-electron chi connectivity index (χ0n) is 14.3. The van der Waals surface area contributed by atoms with Crippen molar-refractivity contribution in [2.75, 3.05) is 0 Å². The van der Waals surface area contributed by atoms with Crippen LogP contribution in [0.2, 0.25) is 0 Å². The van der Waals surface area contributed by atoms with Crippen molar-refractivity contribution >= 4 is 11.6 Å². The van der Waals surface area contributed by atoms with E-state index in [1.54, 1.807) is 0 Å². The third-order valence-corrected chi connectivity index (χ3v) is 6.45. The molecular formula is C20H25N3O. The summed E-state index contributed by atoms with van der Waals surface area (Å²) < 4.78 is 2.00. The van der Waals surface area contributed by atoms with E-state index in [4.69, 9.17) is 0 Å². The van der Waals surface area contributed by atoms with Crippen molar-refractivity contribution in [2.45, 2.75) is 57.4 Å². The van der Waals surface area contributed by atoms with Gasteiger partial charge in [0.1, 0.15) is 5.65 Å². The molecule has 4 bridgehead atoms. The summed E-state index contributed by atoms with van der Waals surface area (Å²) in [7, 11) is 0. The fourth-order valence-corrected chi connectivity index (χ4v) is 5.99. The second kappa shape index (κ2) is 5.08. The molecule has 1 N–H and O–H groups in total. The zero-order chi connectivity index (χ0) is 16.3. The summed E-state index contributed by atoms with van der Waals surface area (Å²) in [5.74, 6) is 2.72. The number of aryl methyl sites for hydroxylation is 1. The van der Waals surface area contributed by atoms with Crippen molar-refractivity contribution in [2.24, 2.45) is 17.8 Å². The molecule has 0 aromatic carbocycles. The van der Waals surface area contributed by atoms with E-state index >= 15 is 0 Å². The second-order valence-corrected chi connectivity index (χ2v) is 8.62. The van der Waals surface area contributed by atoms with Crippen LogP contribution in [-0.2, 0) is 11.2 Å². The molecule has 1 amide bonds. The van der Waals surface area contributed by atoms with Gasteiger partial charge in [0.05, 0.1) is 12.1 Å². The molecule has 0 saturated heterocycles. The summed E-state index contributed by atoms with van der Waals surface area (Å²) in [6, 6.07) is 4.12. The third-order valence-electron chi connectivity index (χ3n) is 6.45. The summed E-state index contributed by atoms with van der Waals surface area (Å²) >= 11 is 0. The lowest BCUT2D eigenvalue weighted by Gasteiger charge is -2.56. The number of fused-ring (bicyclic) bond motifs is 1. The van der Waals surface area contributed by atoms with Crippen molar-refractivity contribution in [3.63, 3.8) is 0 Å². The van der Waals surface area contributed by atoms with Crippen molar-refractivity contribution in [3.05, 3.63) is 35.8 Å². The van der Waals surface area contributed by atoms with Gasteiger partial charge < -0.3 is 9.72 Å². The summed E-state index contributed by atoms with van der Waals surface area (Å²) in [6.07, 6.45) is 12.2. The number of rotatable bonds is 3. The molecule has 0 spiro atoms. The first-order valence-corrected chi connectivity index (χ1v) is 9.32. The quantitative estimate of drug-likeness (QED) is 0.942. The number of carbonyl (C=O) groups is 1. The maximum absolute atomic E-state index is 12.7. The van der Waals surface area contributed by atoms with E-state index in [1.807, 2.05) is 16.8 Å². The van der Waals surface area contributed by atoms with Crippen LogP contribution >= 0.6 is 0 Å². The van der Waals surface area contributed by atoms with Crippen LogP contribution < -0.4 is 5.32 Å². The Morgan fingerprint density at radius 3 is 2.58 bits per heavy atom. The van der Waals surface area contributed by atoms with Gasteiger partial charge in [0.2, 0.25) is 5.91 Å². The Bertz CT molecular complexity index is 771. The van der Waals surface area contributed by atoms with Crippen molar-refractivity contribution in [1.29, 1.82) is 0 Å². The summed E-state index contributed by atoms with van der Waals surface area (Å²) in [4.78, 5) is 17.3. The van der Waals surface area contributed by atoms with Crippen molar-refractivity contribution < 1.29 is 4.79 Å². The molecule has 4 fully saturated rings. The lowest BCUT2D eigenvalue weighted by molar-refractivity contribution is -0.126. The minimum Gasteiger partial charge on any atom is -0.350 e. The highest BCUT2D eigenvalue weighted by atomic mass is 16.1. The van der Waals surface area contributed by atoms with Crippen molar-refractivity contribution in [1.82, 2.24) is 14.7 Å². The first kappa shape index (κ1) is 14.5. The fraction of sp³-hybridized carbons (Fsp3) is 0.600. The average Bonchev–Trinajstić information content (AvgIpc) is 2.85. The van der Waals surface area contributed by atoms with Crippen LogP contribution in [0.3, 0.4) is 0 Å². The predicted molar refractivity (Wildman–Crippen MR) is 92.7 cm³/mol. The molecule has 0 unspecified atom stereocenters. The number of amides is 1. The van der Waals surface area contributed by atoms with E-state index in [0.717, 1.165) is 29.1 Å². The minimum atomic E-state index is 0.0988. The molecular weight excluding hydrogens is 298 g/mol.